The monoisotopic (exact) mass is 322 g/mol. The zero-order valence-corrected chi connectivity index (χ0v) is 12.4. The molecule has 0 amide bonds. The van der Waals surface area contributed by atoms with Gasteiger partial charge < -0.3 is 29.5 Å². The zero-order valence-electron chi connectivity index (χ0n) is 12.4. The Morgan fingerprint density at radius 3 is 1.45 bits per heavy atom. The summed E-state index contributed by atoms with van der Waals surface area (Å²) in [6.45, 7) is -0.638. The molecule has 0 atom stereocenters. The molecule has 0 aliphatic carbocycles. The summed E-state index contributed by atoms with van der Waals surface area (Å²) >= 11 is 0. The van der Waals surface area contributed by atoms with Crippen LogP contribution in [-0.2, 0) is 28.6 Å². The molecular formula is C13H22O9. The Morgan fingerprint density at radius 1 is 0.773 bits per heavy atom. The Hall–Kier alpha value is -1.71. The van der Waals surface area contributed by atoms with E-state index >= 15 is 0 Å². The van der Waals surface area contributed by atoms with Crippen LogP contribution >= 0.6 is 0 Å². The van der Waals surface area contributed by atoms with Crippen molar-refractivity contribution in [3.63, 3.8) is 0 Å². The van der Waals surface area contributed by atoms with Gasteiger partial charge in [0.25, 0.3) is 0 Å². The van der Waals surface area contributed by atoms with Crippen LogP contribution in [0.25, 0.3) is 0 Å². The summed E-state index contributed by atoms with van der Waals surface area (Å²) in [5, 5.41) is 25.8. The van der Waals surface area contributed by atoms with Crippen LogP contribution in [-0.4, -0.2) is 72.9 Å². The predicted molar refractivity (Wildman–Crippen MR) is 71.5 cm³/mol. The molecular weight excluding hydrogens is 300 g/mol. The number of ether oxygens (including phenoxy) is 3. The van der Waals surface area contributed by atoms with Crippen molar-refractivity contribution >= 4 is 17.9 Å². The number of carbonyl (C=O) groups is 3. The van der Waals surface area contributed by atoms with Crippen molar-refractivity contribution < 1.29 is 43.9 Å². The highest BCUT2D eigenvalue weighted by Gasteiger charge is 2.30. The van der Waals surface area contributed by atoms with Crippen LogP contribution in [0.4, 0.5) is 0 Å². The highest BCUT2D eigenvalue weighted by atomic mass is 16.6. The van der Waals surface area contributed by atoms with Crippen molar-refractivity contribution in [2.24, 2.45) is 5.41 Å². The lowest BCUT2D eigenvalue weighted by molar-refractivity contribution is -0.162. The maximum absolute atomic E-state index is 11.3. The van der Waals surface area contributed by atoms with E-state index in [0.29, 0.717) is 0 Å². The first-order chi connectivity index (χ1) is 10.4. The van der Waals surface area contributed by atoms with Gasteiger partial charge in [-0.1, -0.05) is 0 Å². The third-order valence-corrected chi connectivity index (χ3v) is 2.51. The molecule has 22 heavy (non-hydrogen) atoms. The van der Waals surface area contributed by atoms with Crippen LogP contribution in [0.5, 0.6) is 0 Å². The summed E-state index contributed by atoms with van der Waals surface area (Å²) in [6.07, 6.45) is -0.367. The first-order valence-electron chi connectivity index (χ1n) is 6.66. The van der Waals surface area contributed by atoms with E-state index in [4.69, 9.17) is 29.5 Å². The largest absolute Gasteiger partial charge is 0.465 e. The quantitative estimate of drug-likeness (QED) is 0.302. The van der Waals surface area contributed by atoms with Gasteiger partial charge in [-0.05, 0) is 6.92 Å². The van der Waals surface area contributed by atoms with E-state index in [-0.39, 0.29) is 45.9 Å². The summed E-state index contributed by atoms with van der Waals surface area (Å²) < 4.78 is 14.6. The molecule has 128 valence electrons. The minimum atomic E-state index is -1.01. The maximum Gasteiger partial charge on any atom is 0.331 e. The number of rotatable bonds is 11. The van der Waals surface area contributed by atoms with E-state index in [1.54, 1.807) is 6.92 Å². The van der Waals surface area contributed by atoms with E-state index in [9.17, 15) is 14.4 Å². The van der Waals surface area contributed by atoms with Crippen LogP contribution in [0, 0.1) is 5.41 Å². The molecule has 0 heterocycles. The SMILES string of the molecule is CC(COC(=O)CO)(COC(=O)CCO)COC(=O)CCO. The second-order valence-corrected chi connectivity index (χ2v) is 4.90. The summed E-state index contributed by atoms with van der Waals surface area (Å²) in [6, 6.07) is 0. The second-order valence-electron chi connectivity index (χ2n) is 4.90. The van der Waals surface area contributed by atoms with E-state index in [1.807, 2.05) is 0 Å². The van der Waals surface area contributed by atoms with Gasteiger partial charge in [0.2, 0.25) is 0 Å². The molecule has 0 unspecified atom stereocenters. The van der Waals surface area contributed by atoms with E-state index < -0.39 is 29.9 Å². The molecule has 0 fully saturated rings. The van der Waals surface area contributed by atoms with Crippen molar-refractivity contribution in [3.05, 3.63) is 0 Å². The Bertz CT molecular complexity index is 345. The van der Waals surface area contributed by atoms with Gasteiger partial charge in [0, 0.05) is 0 Å². The summed E-state index contributed by atoms with van der Waals surface area (Å²) in [7, 11) is 0. The van der Waals surface area contributed by atoms with Gasteiger partial charge in [-0.25, -0.2) is 4.79 Å². The van der Waals surface area contributed by atoms with Gasteiger partial charge in [0.15, 0.2) is 0 Å². The lowest BCUT2D eigenvalue weighted by atomic mass is 9.94. The lowest BCUT2D eigenvalue weighted by Crippen LogP contribution is -2.37. The van der Waals surface area contributed by atoms with Crippen LogP contribution in [0.2, 0.25) is 0 Å². The molecule has 9 heteroatoms. The van der Waals surface area contributed by atoms with Gasteiger partial charge in [-0.2, -0.15) is 0 Å². The average molecular weight is 322 g/mol. The number of hydrogen-bond donors (Lipinski definition) is 3. The van der Waals surface area contributed by atoms with Gasteiger partial charge >= 0.3 is 17.9 Å². The summed E-state index contributed by atoms with van der Waals surface area (Å²) in [5.41, 5.74) is -1.01. The van der Waals surface area contributed by atoms with Crippen LogP contribution in [0.3, 0.4) is 0 Å². The fourth-order valence-electron chi connectivity index (χ4n) is 1.26. The molecule has 0 aliphatic rings. The lowest BCUT2D eigenvalue weighted by Gasteiger charge is -2.27. The number of carbonyl (C=O) groups excluding carboxylic acids is 3. The topological polar surface area (TPSA) is 140 Å². The normalized spacial score (nSPS) is 10.9. The van der Waals surface area contributed by atoms with Crippen molar-refractivity contribution in [1.82, 2.24) is 0 Å². The van der Waals surface area contributed by atoms with Gasteiger partial charge in [-0.15, -0.1) is 0 Å². The zero-order chi connectivity index (χ0) is 17.0. The highest BCUT2D eigenvalue weighted by molar-refractivity contribution is 5.71. The molecule has 0 aromatic rings. The Balaban J connectivity index is 4.55. The molecule has 0 saturated carbocycles. The van der Waals surface area contributed by atoms with Crippen LogP contribution < -0.4 is 0 Å². The molecule has 0 aliphatic heterocycles. The average Bonchev–Trinajstić information content (AvgIpc) is 2.49. The van der Waals surface area contributed by atoms with Crippen molar-refractivity contribution in [3.8, 4) is 0 Å². The molecule has 0 bridgehead atoms. The predicted octanol–water partition coefficient (Wildman–Crippen LogP) is -1.62. The van der Waals surface area contributed by atoms with E-state index in [2.05, 4.69) is 0 Å². The van der Waals surface area contributed by atoms with Crippen LogP contribution in [0.1, 0.15) is 19.8 Å². The smallest absolute Gasteiger partial charge is 0.331 e. The van der Waals surface area contributed by atoms with Gasteiger partial charge in [0.1, 0.15) is 26.4 Å². The third kappa shape index (κ3) is 9.27. The minimum absolute atomic E-state index is 0.184. The first kappa shape index (κ1) is 20.3. The summed E-state index contributed by atoms with van der Waals surface area (Å²) in [5.74, 6) is -2.16. The molecule has 9 nitrogen and oxygen atoms in total. The first-order valence-corrected chi connectivity index (χ1v) is 6.66. The van der Waals surface area contributed by atoms with E-state index in [1.165, 1.54) is 0 Å². The second kappa shape index (κ2) is 10.9. The fraction of sp³-hybridized carbons (Fsp3) is 0.769. The molecule has 0 saturated heterocycles. The number of esters is 3. The molecule has 0 aromatic heterocycles. The fourth-order valence-corrected chi connectivity index (χ4v) is 1.26. The minimum Gasteiger partial charge on any atom is -0.465 e. The molecule has 0 rings (SSSR count). The number of hydrogen-bond acceptors (Lipinski definition) is 9. The Kier molecular flexibility index (Phi) is 10.1. The molecule has 0 spiro atoms. The number of aliphatic hydroxyl groups excluding tert-OH is 3. The highest BCUT2D eigenvalue weighted by Crippen LogP contribution is 2.19. The van der Waals surface area contributed by atoms with Gasteiger partial charge in [-0.3, -0.25) is 9.59 Å². The Labute approximate surface area is 127 Å². The standard InChI is InChI=1S/C13H22O9/c1-13(9-22-12(19)6-16,7-20-10(17)2-4-14)8-21-11(18)3-5-15/h14-16H,2-9H2,1H3. The van der Waals surface area contributed by atoms with Crippen molar-refractivity contribution in [1.29, 1.82) is 0 Å². The van der Waals surface area contributed by atoms with E-state index in [0.717, 1.165) is 0 Å². The van der Waals surface area contributed by atoms with Crippen molar-refractivity contribution in [2.75, 3.05) is 39.6 Å². The molecule has 0 aromatic carbocycles. The van der Waals surface area contributed by atoms with Crippen molar-refractivity contribution in [2.45, 2.75) is 19.8 Å². The maximum atomic E-state index is 11.3. The Morgan fingerprint density at radius 2 is 1.14 bits per heavy atom. The molecule has 3 N–H and O–H groups in total. The third-order valence-electron chi connectivity index (χ3n) is 2.51. The summed E-state index contributed by atoms with van der Waals surface area (Å²) in [4.78, 5) is 33.5. The van der Waals surface area contributed by atoms with Crippen LogP contribution in [0.15, 0.2) is 0 Å². The molecule has 0 radical (unpaired) electrons. The number of aliphatic hydroxyl groups is 3. The van der Waals surface area contributed by atoms with Gasteiger partial charge in [0.05, 0.1) is 31.5 Å².